The molecule has 2 N–H and O–H groups in total. The lowest BCUT2D eigenvalue weighted by molar-refractivity contribution is 0.101. The van der Waals surface area contributed by atoms with Crippen LogP contribution in [0.25, 0.3) is 10.9 Å². The minimum atomic E-state index is -0.211. The Morgan fingerprint density at radius 1 is 1.57 bits per heavy atom. The van der Waals surface area contributed by atoms with Gasteiger partial charge in [0.2, 0.25) is 0 Å². The van der Waals surface area contributed by atoms with Crippen molar-refractivity contribution in [2.45, 2.75) is 6.92 Å². The molecule has 0 atom stereocenters. The normalized spacial score (nSPS) is 10.7. The SMILES string of the molecule is CC(=O)c1c(O)c(Cl)cc2cc[nH]c12. The van der Waals surface area contributed by atoms with Gasteiger partial charge in [0.25, 0.3) is 0 Å². The van der Waals surface area contributed by atoms with Gasteiger partial charge in [-0.15, -0.1) is 0 Å². The maximum absolute atomic E-state index is 11.3. The first kappa shape index (κ1) is 9.09. The van der Waals surface area contributed by atoms with E-state index in [9.17, 15) is 9.90 Å². The lowest BCUT2D eigenvalue weighted by Crippen LogP contribution is -1.94. The molecule has 0 radical (unpaired) electrons. The van der Waals surface area contributed by atoms with Crippen molar-refractivity contribution in [3.8, 4) is 5.75 Å². The monoisotopic (exact) mass is 209 g/mol. The highest BCUT2D eigenvalue weighted by atomic mass is 35.5. The molecule has 0 saturated heterocycles. The molecule has 0 aliphatic rings. The average molecular weight is 210 g/mol. The Labute approximate surface area is 85.3 Å². The molecule has 1 aromatic carbocycles. The van der Waals surface area contributed by atoms with Crippen LogP contribution in [0.5, 0.6) is 5.75 Å². The largest absolute Gasteiger partial charge is 0.506 e. The summed E-state index contributed by atoms with van der Waals surface area (Å²) in [5, 5.41) is 10.6. The van der Waals surface area contributed by atoms with E-state index >= 15 is 0 Å². The molecular weight excluding hydrogens is 202 g/mol. The molecule has 1 aromatic heterocycles. The number of carbonyl (C=O) groups excluding carboxylic acids is 1. The molecule has 0 spiro atoms. The molecule has 4 heteroatoms. The van der Waals surface area contributed by atoms with Crippen LogP contribution in [0, 0.1) is 0 Å². The summed E-state index contributed by atoms with van der Waals surface area (Å²) in [5.41, 5.74) is 0.872. The number of H-pyrrole nitrogens is 1. The van der Waals surface area contributed by atoms with Crippen LogP contribution in [-0.2, 0) is 0 Å². The fourth-order valence-corrected chi connectivity index (χ4v) is 1.72. The Morgan fingerprint density at radius 3 is 2.93 bits per heavy atom. The molecule has 72 valence electrons. The molecule has 2 rings (SSSR count). The maximum Gasteiger partial charge on any atom is 0.165 e. The summed E-state index contributed by atoms with van der Waals surface area (Å²) in [6.45, 7) is 1.39. The molecular formula is C10H8ClNO2. The zero-order valence-electron chi connectivity index (χ0n) is 7.47. The van der Waals surface area contributed by atoms with Crippen LogP contribution < -0.4 is 0 Å². The van der Waals surface area contributed by atoms with Gasteiger partial charge in [-0.05, 0) is 19.1 Å². The van der Waals surface area contributed by atoms with Gasteiger partial charge in [-0.3, -0.25) is 4.79 Å². The smallest absolute Gasteiger partial charge is 0.165 e. The molecule has 0 aliphatic heterocycles. The van der Waals surface area contributed by atoms with E-state index in [2.05, 4.69) is 4.98 Å². The number of nitrogens with one attached hydrogen (secondary N) is 1. The Kier molecular flexibility index (Phi) is 1.97. The van der Waals surface area contributed by atoms with Gasteiger partial charge in [0, 0.05) is 11.6 Å². The fraction of sp³-hybridized carbons (Fsp3) is 0.100. The number of fused-ring (bicyclic) bond motifs is 1. The number of hydrogen-bond acceptors (Lipinski definition) is 2. The molecule has 0 aliphatic carbocycles. The van der Waals surface area contributed by atoms with E-state index in [1.165, 1.54) is 6.92 Å². The van der Waals surface area contributed by atoms with Crippen molar-refractivity contribution in [2.24, 2.45) is 0 Å². The van der Waals surface area contributed by atoms with Crippen molar-refractivity contribution < 1.29 is 9.90 Å². The number of hydrogen-bond donors (Lipinski definition) is 2. The van der Waals surface area contributed by atoms with Gasteiger partial charge in [-0.2, -0.15) is 0 Å². The molecule has 0 fully saturated rings. The second-order valence-electron chi connectivity index (χ2n) is 3.08. The highest BCUT2D eigenvalue weighted by Crippen LogP contribution is 2.33. The number of aromatic nitrogens is 1. The van der Waals surface area contributed by atoms with Crippen molar-refractivity contribution in [3.63, 3.8) is 0 Å². The molecule has 1 heterocycles. The number of rotatable bonds is 1. The third-order valence-corrected chi connectivity index (χ3v) is 2.41. The molecule has 3 nitrogen and oxygen atoms in total. The third kappa shape index (κ3) is 1.17. The third-order valence-electron chi connectivity index (χ3n) is 2.13. The van der Waals surface area contributed by atoms with Crippen LogP contribution in [0.4, 0.5) is 0 Å². The standard InChI is InChI=1S/C10H8ClNO2/c1-5(13)8-9-6(2-3-12-9)4-7(11)10(8)14/h2-4,12,14H,1H3. The van der Waals surface area contributed by atoms with Crippen molar-refractivity contribution in [1.29, 1.82) is 0 Å². The van der Waals surface area contributed by atoms with Crippen LogP contribution in [0.3, 0.4) is 0 Å². The lowest BCUT2D eigenvalue weighted by Gasteiger charge is -2.04. The Hall–Kier alpha value is -1.48. The van der Waals surface area contributed by atoms with Crippen LogP contribution in [0.2, 0.25) is 5.02 Å². The maximum atomic E-state index is 11.3. The topological polar surface area (TPSA) is 53.1 Å². The van der Waals surface area contributed by atoms with Gasteiger partial charge in [0.05, 0.1) is 16.1 Å². The van der Waals surface area contributed by atoms with Gasteiger partial charge >= 0.3 is 0 Å². The molecule has 0 unspecified atom stereocenters. The second-order valence-corrected chi connectivity index (χ2v) is 3.49. The zero-order valence-corrected chi connectivity index (χ0v) is 8.22. The number of aromatic hydroxyl groups is 1. The average Bonchev–Trinajstić information content (AvgIpc) is 2.52. The number of halogens is 1. The number of carbonyl (C=O) groups is 1. The molecule has 2 aromatic rings. The highest BCUT2D eigenvalue weighted by molar-refractivity contribution is 6.34. The van der Waals surface area contributed by atoms with E-state index in [0.29, 0.717) is 5.52 Å². The quantitative estimate of drug-likeness (QED) is 0.710. The number of phenols is 1. The summed E-state index contributed by atoms with van der Waals surface area (Å²) in [7, 11) is 0. The van der Waals surface area contributed by atoms with Crippen molar-refractivity contribution >= 4 is 28.3 Å². The van der Waals surface area contributed by atoms with Crippen LogP contribution >= 0.6 is 11.6 Å². The first-order chi connectivity index (χ1) is 6.61. The summed E-state index contributed by atoms with van der Waals surface area (Å²) in [4.78, 5) is 14.2. The molecule has 0 amide bonds. The Balaban J connectivity index is 2.93. The number of benzene rings is 1. The van der Waals surface area contributed by atoms with Crippen molar-refractivity contribution in [1.82, 2.24) is 4.98 Å². The second kappa shape index (κ2) is 3.03. The highest BCUT2D eigenvalue weighted by Gasteiger charge is 2.15. The number of ketones is 1. The Bertz CT molecular complexity index is 516. The van der Waals surface area contributed by atoms with E-state index in [0.717, 1.165) is 5.39 Å². The van der Waals surface area contributed by atoms with E-state index in [-0.39, 0.29) is 22.1 Å². The van der Waals surface area contributed by atoms with Gasteiger partial charge < -0.3 is 10.1 Å². The van der Waals surface area contributed by atoms with E-state index in [1.807, 2.05) is 0 Å². The van der Waals surface area contributed by atoms with Crippen LogP contribution in [0.1, 0.15) is 17.3 Å². The van der Waals surface area contributed by atoms with Gasteiger partial charge in [0.15, 0.2) is 5.78 Å². The predicted octanol–water partition coefficient (Wildman–Crippen LogP) is 2.73. The van der Waals surface area contributed by atoms with Crippen molar-refractivity contribution in [3.05, 3.63) is 28.9 Å². The fourth-order valence-electron chi connectivity index (χ4n) is 1.50. The number of aromatic amines is 1. The molecule has 14 heavy (non-hydrogen) atoms. The Morgan fingerprint density at radius 2 is 2.29 bits per heavy atom. The summed E-state index contributed by atoms with van der Waals surface area (Å²) >= 11 is 5.78. The minimum Gasteiger partial charge on any atom is -0.506 e. The number of phenolic OH excluding ortho intramolecular Hbond substituents is 1. The summed E-state index contributed by atoms with van der Waals surface area (Å²) in [6.07, 6.45) is 1.70. The molecule has 0 bridgehead atoms. The first-order valence-electron chi connectivity index (χ1n) is 4.10. The summed E-state index contributed by atoms with van der Waals surface area (Å²) in [6, 6.07) is 3.42. The van der Waals surface area contributed by atoms with Crippen LogP contribution in [0.15, 0.2) is 18.3 Å². The first-order valence-corrected chi connectivity index (χ1v) is 4.48. The van der Waals surface area contributed by atoms with Gasteiger partial charge in [-0.1, -0.05) is 11.6 Å². The summed E-state index contributed by atoms with van der Waals surface area (Å²) < 4.78 is 0. The molecule has 0 saturated carbocycles. The van der Waals surface area contributed by atoms with Gasteiger partial charge in [0.1, 0.15) is 5.75 Å². The van der Waals surface area contributed by atoms with Crippen LogP contribution in [-0.4, -0.2) is 15.9 Å². The lowest BCUT2D eigenvalue weighted by atomic mass is 10.1. The predicted molar refractivity (Wildman–Crippen MR) is 55.0 cm³/mol. The van der Waals surface area contributed by atoms with E-state index in [4.69, 9.17) is 11.6 Å². The van der Waals surface area contributed by atoms with Gasteiger partial charge in [-0.25, -0.2) is 0 Å². The van der Waals surface area contributed by atoms with Crippen molar-refractivity contribution in [2.75, 3.05) is 0 Å². The zero-order chi connectivity index (χ0) is 10.3. The minimum absolute atomic E-state index is 0.158. The van der Waals surface area contributed by atoms with E-state index in [1.54, 1.807) is 18.3 Å². The summed E-state index contributed by atoms with van der Waals surface area (Å²) in [5.74, 6) is -0.369. The number of Topliss-reactive ketones (excluding diaryl/α,β-unsaturated/α-hetero) is 1. The van der Waals surface area contributed by atoms with E-state index < -0.39 is 0 Å².